The molecule has 1 amide bonds. The van der Waals surface area contributed by atoms with Gasteiger partial charge >= 0.3 is 0 Å². The summed E-state index contributed by atoms with van der Waals surface area (Å²) in [5.74, 6) is 0.713. The standard InChI is InChI=1S/C14H18ClN5O2/c1-8(2)4-11(12-17-7-18-20(12)3)19-13(21)9-5-10(15)14(22)16-6-9/h5-8,11H,4H2,1-3H3,(H,16,22)(H,19,21)/t11-/m1/s1. The monoisotopic (exact) mass is 323 g/mol. The van der Waals surface area contributed by atoms with Gasteiger partial charge in [-0.15, -0.1) is 0 Å². The van der Waals surface area contributed by atoms with Crippen LogP contribution in [0.4, 0.5) is 0 Å². The summed E-state index contributed by atoms with van der Waals surface area (Å²) in [4.78, 5) is 30.2. The Hall–Kier alpha value is -2.15. The van der Waals surface area contributed by atoms with E-state index >= 15 is 0 Å². The summed E-state index contributed by atoms with van der Waals surface area (Å²) in [5, 5.41) is 6.93. The highest BCUT2D eigenvalue weighted by Crippen LogP contribution is 2.19. The van der Waals surface area contributed by atoms with Crippen LogP contribution in [0.1, 0.15) is 42.5 Å². The van der Waals surface area contributed by atoms with Crippen molar-refractivity contribution in [1.29, 1.82) is 0 Å². The van der Waals surface area contributed by atoms with Crippen molar-refractivity contribution in [3.8, 4) is 0 Å². The number of nitrogens with one attached hydrogen (secondary N) is 2. The molecule has 2 N–H and O–H groups in total. The lowest BCUT2D eigenvalue weighted by Crippen LogP contribution is -2.31. The number of aromatic amines is 1. The Labute approximate surface area is 132 Å². The molecule has 1 atom stereocenters. The van der Waals surface area contributed by atoms with Gasteiger partial charge in [-0.3, -0.25) is 14.3 Å². The molecule has 0 unspecified atom stereocenters. The number of pyridine rings is 1. The van der Waals surface area contributed by atoms with E-state index in [1.54, 1.807) is 11.7 Å². The van der Waals surface area contributed by atoms with E-state index in [4.69, 9.17) is 11.6 Å². The van der Waals surface area contributed by atoms with Crippen LogP contribution in [0, 0.1) is 5.92 Å². The maximum absolute atomic E-state index is 12.4. The third-order valence-corrected chi connectivity index (χ3v) is 3.47. The fraction of sp³-hybridized carbons (Fsp3) is 0.429. The Morgan fingerprint density at radius 3 is 2.77 bits per heavy atom. The molecular weight excluding hydrogens is 306 g/mol. The molecule has 0 saturated carbocycles. The minimum absolute atomic E-state index is 0.0216. The van der Waals surface area contributed by atoms with Crippen molar-refractivity contribution in [2.24, 2.45) is 13.0 Å². The topological polar surface area (TPSA) is 92.7 Å². The van der Waals surface area contributed by atoms with Crippen LogP contribution in [0.3, 0.4) is 0 Å². The molecule has 7 nitrogen and oxygen atoms in total. The largest absolute Gasteiger partial charge is 0.342 e. The number of aryl methyl sites for hydroxylation is 1. The lowest BCUT2D eigenvalue weighted by Gasteiger charge is -2.19. The molecule has 0 aliphatic rings. The summed E-state index contributed by atoms with van der Waals surface area (Å²) in [6.07, 6.45) is 3.51. The zero-order valence-electron chi connectivity index (χ0n) is 12.6. The third kappa shape index (κ3) is 3.73. The van der Waals surface area contributed by atoms with E-state index in [2.05, 4.69) is 34.2 Å². The molecule has 0 aliphatic heterocycles. The molecule has 0 bridgehead atoms. The van der Waals surface area contributed by atoms with Crippen molar-refractivity contribution in [2.45, 2.75) is 26.3 Å². The first-order valence-electron chi connectivity index (χ1n) is 6.91. The predicted octanol–water partition coefficient (Wildman–Crippen LogP) is 1.67. The SMILES string of the molecule is CC(C)C[C@@H](NC(=O)c1c[nH]c(=O)c(Cl)c1)c1ncnn1C. The van der Waals surface area contributed by atoms with Crippen LogP contribution in [-0.2, 0) is 7.05 Å². The van der Waals surface area contributed by atoms with E-state index in [1.165, 1.54) is 18.6 Å². The Morgan fingerprint density at radius 2 is 2.23 bits per heavy atom. The lowest BCUT2D eigenvalue weighted by molar-refractivity contribution is 0.0928. The second-order valence-corrected chi connectivity index (χ2v) is 5.87. The summed E-state index contributed by atoms with van der Waals surface area (Å²) in [7, 11) is 1.78. The van der Waals surface area contributed by atoms with Crippen molar-refractivity contribution in [2.75, 3.05) is 0 Å². The molecule has 0 fully saturated rings. The number of amides is 1. The number of carbonyl (C=O) groups excluding carboxylic acids is 1. The fourth-order valence-corrected chi connectivity index (χ4v) is 2.32. The van der Waals surface area contributed by atoms with Gasteiger partial charge in [-0.05, 0) is 18.4 Å². The van der Waals surface area contributed by atoms with Gasteiger partial charge in [0.2, 0.25) is 0 Å². The molecule has 2 heterocycles. The smallest absolute Gasteiger partial charge is 0.266 e. The van der Waals surface area contributed by atoms with E-state index in [0.717, 1.165) is 6.42 Å². The predicted molar refractivity (Wildman–Crippen MR) is 82.7 cm³/mol. The minimum atomic E-state index is -0.426. The maximum atomic E-state index is 12.4. The highest BCUT2D eigenvalue weighted by molar-refractivity contribution is 6.30. The van der Waals surface area contributed by atoms with Crippen molar-refractivity contribution in [1.82, 2.24) is 25.1 Å². The lowest BCUT2D eigenvalue weighted by atomic mass is 10.0. The molecule has 2 aromatic rings. The van der Waals surface area contributed by atoms with Crippen LogP contribution in [0.25, 0.3) is 0 Å². The quantitative estimate of drug-likeness (QED) is 0.875. The molecule has 0 aliphatic carbocycles. The van der Waals surface area contributed by atoms with Gasteiger partial charge in [0.25, 0.3) is 11.5 Å². The summed E-state index contributed by atoms with van der Waals surface area (Å²) in [5.41, 5.74) is -0.134. The van der Waals surface area contributed by atoms with Crippen molar-refractivity contribution in [3.05, 3.63) is 45.4 Å². The van der Waals surface area contributed by atoms with Crippen LogP contribution >= 0.6 is 11.6 Å². The molecule has 118 valence electrons. The number of nitrogens with zero attached hydrogens (tertiary/aromatic N) is 3. The van der Waals surface area contributed by atoms with Crippen molar-refractivity contribution in [3.63, 3.8) is 0 Å². The second kappa shape index (κ2) is 6.74. The number of rotatable bonds is 5. The molecular formula is C14H18ClN5O2. The van der Waals surface area contributed by atoms with E-state index in [-0.39, 0.29) is 17.0 Å². The van der Waals surface area contributed by atoms with E-state index in [1.807, 2.05) is 0 Å². The summed E-state index contributed by atoms with van der Waals surface area (Å²) >= 11 is 5.75. The number of carbonyl (C=O) groups is 1. The van der Waals surface area contributed by atoms with Crippen LogP contribution in [0.5, 0.6) is 0 Å². The Balaban J connectivity index is 2.23. The fourth-order valence-electron chi connectivity index (χ4n) is 2.15. The number of H-pyrrole nitrogens is 1. The highest BCUT2D eigenvalue weighted by atomic mass is 35.5. The van der Waals surface area contributed by atoms with Gasteiger partial charge in [0.15, 0.2) is 0 Å². The number of aromatic nitrogens is 4. The number of hydrogen-bond donors (Lipinski definition) is 2. The molecule has 0 aromatic carbocycles. The van der Waals surface area contributed by atoms with Gasteiger partial charge in [-0.2, -0.15) is 5.10 Å². The molecule has 22 heavy (non-hydrogen) atoms. The average molecular weight is 324 g/mol. The summed E-state index contributed by atoms with van der Waals surface area (Å²) in [6, 6.07) is 1.07. The number of hydrogen-bond acceptors (Lipinski definition) is 4. The normalized spacial score (nSPS) is 12.4. The highest BCUT2D eigenvalue weighted by Gasteiger charge is 2.21. The first kappa shape index (κ1) is 16.2. The second-order valence-electron chi connectivity index (χ2n) is 5.46. The summed E-state index contributed by atoms with van der Waals surface area (Å²) < 4.78 is 1.63. The Morgan fingerprint density at radius 1 is 1.50 bits per heavy atom. The molecule has 0 spiro atoms. The Bertz CT molecular complexity index is 722. The van der Waals surface area contributed by atoms with E-state index in [0.29, 0.717) is 17.3 Å². The molecule has 8 heteroatoms. The third-order valence-electron chi connectivity index (χ3n) is 3.19. The van der Waals surface area contributed by atoms with Gasteiger partial charge in [0, 0.05) is 13.2 Å². The van der Waals surface area contributed by atoms with Crippen LogP contribution in [0.15, 0.2) is 23.4 Å². The average Bonchev–Trinajstić information content (AvgIpc) is 2.86. The molecule has 0 saturated heterocycles. The van der Waals surface area contributed by atoms with Gasteiger partial charge in [0.05, 0.1) is 11.6 Å². The zero-order valence-corrected chi connectivity index (χ0v) is 13.4. The van der Waals surface area contributed by atoms with Gasteiger partial charge < -0.3 is 10.3 Å². The first-order chi connectivity index (χ1) is 10.4. The van der Waals surface area contributed by atoms with Crippen LogP contribution < -0.4 is 10.9 Å². The van der Waals surface area contributed by atoms with E-state index in [9.17, 15) is 9.59 Å². The van der Waals surface area contributed by atoms with Gasteiger partial charge in [0.1, 0.15) is 17.2 Å². The minimum Gasteiger partial charge on any atom is -0.342 e. The van der Waals surface area contributed by atoms with Gasteiger partial charge in [-0.25, -0.2) is 4.98 Å². The van der Waals surface area contributed by atoms with Crippen LogP contribution in [0.2, 0.25) is 5.02 Å². The van der Waals surface area contributed by atoms with Crippen molar-refractivity contribution >= 4 is 17.5 Å². The van der Waals surface area contributed by atoms with Crippen molar-refractivity contribution < 1.29 is 4.79 Å². The number of halogens is 1. The molecule has 0 radical (unpaired) electrons. The van der Waals surface area contributed by atoms with Crippen LogP contribution in [-0.4, -0.2) is 25.7 Å². The first-order valence-corrected chi connectivity index (χ1v) is 7.29. The molecule has 2 aromatic heterocycles. The zero-order chi connectivity index (χ0) is 16.3. The Kier molecular flexibility index (Phi) is 4.97. The van der Waals surface area contributed by atoms with Gasteiger partial charge in [-0.1, -0.05) is 25.4 Å². The maximum Gasteiger partial charge on any atom is 0.266 e. The van der Waals surface area contributed by atoms with E-state index < -0.39 is 5.56 Å². The molecule has 2 rings (SSSR count). The summed E-state index contributed by atoms with van der Waals surface area (Å²) in [6.45, 7) is 4.12.